The average molecular weight is 667 g/mol. The number of hydrogen-bond donors (Lipinski definition) is 1. The maximum atomic E-state index is 11.4. The van der Waals surface area contributed by atoms with Crippen LogP contribution in [0.2, 0.25) is 0 Å². The van der Waals surface area contributed by atoms with Crippen LogP contribution in [0.15, 0.2) is 60.7 Å². The number of aliphatic carboxylic acids is 1. The molecule has 0 amide bonds. The number of nitrogens with zero attached hydrogens (tertiary/aromatic N) is 4. The Morgan fingerprint density at radius 2 is 1.45 bits per heavy atom. The topological polar surface area (TPSA) is 59.5 Å². The van der Waals surface area contributed by atoms with Gasteiger partial charge >= 0.3 is 5.97 Å². The number of piperidine rings is 1. The molecule has 2 fully saturated rings. The van der Waals surface area contributed by atoms with E-state index in [1.165, 1.54) is 58.2 Å². The maximum absolute atomic E-state index is 11.4. The van der Waals surface area contributed by atoms with Crippen molar-refractivity contribution in [2.75, 3.05) is 78.6 Å². The number of carboxylic acid groups (broad SMARTS) is 1. The van der Waals surface area contributed by atoms with Gasteiger partial charge in [-0.15, -0.1) is 0 Å². The molecule has 1 N–H and O–H groups in total. The van der Waals surface area contributed by atoms with Crippen LogP contribution in [0, 0.1) is 13.8 Å². The number of carbonyl (C=O) groups is 1. The van der Waals surface area contributed by atoms with E-state index in [9.17, 15) is 9.90 Å². The predicted octanol–water partition coefficient (Wildman–Crippen LogP) is 7.31. The number of carboxylic acids is 1. The van der Waals surface area contributed by atoms with Crippen LogP contribution in [0.3, 0.4) is 0 Å². The number of rotatable bonds is 14. The third kappa shape index (κ3) is 11.3. The Hall–Kier alpha value is -3.49. The van der Waals surface area contributed by atoms with Crippen LogP contribution >= 0.6 is 0 Å². The third-order valence-corrected chi connectivity index (χ3v) is 10.3. The molecule has 3 aromatic rings. The second-order valence-electron chi connectivity index (χ2n) is 13.9. The summed E-state index contributed by atoms with van der Waals surface area (Å²) in [6.07, 6.45) is 10.4. The number of likely N-dealkylation sites (N-methyl/N-ethyl adjacent to an activating group) is 1. The average Bonchev–Trinajstić information content (AvgIpc) is 3.20. The van der Waals surface area contributed by atoms with Crippen molar-refractivity contribution in [1.82, 2.24) is 19.6 Å². The second kappa shape index (κ2) is 19.0. The van der Waals surface area contributed by atoms with Crippen LogP contribution in [0.25, 0.3) is 23.3 Å². The summed E-state index contributed by atoms with van der Waals surface area (Å²) in [5, 5.41) is 9.38. The van der Waals surface area contributed by atoms with Crippen molar-refractivity contribution in [2.45, 2.75) is 59.4 Å². The zero-order valence-electron chi connectivity index (χ0n) is 30.2. The van der Waals surface area contributed by atoms with E-state index in [2.05, 4.69) is 113 Å². The molecule has 7 heteroatoms. The van der Waals surface area contributed by atoms with Gasteiger partial charge in [0.05, 0.1) is 13.2 Å². The first-order chi connectivity index (χ1) is 23.9. The van der Waals surface area contributed by atoms with Crippen LogP contribution in [0.1, 0.15) is 66.8 Å². The molecule has 5 rings (SSSR count). The minimum absolute atomic E-state index is 0.117. The fraction of sp³-hybridized carbons (Fsp3) is 0.500. The molecule has 0 radical (unpaired) electrons. The lowest BCUT2D eigenvalue weighted by atomic mass is 9.95. The molecule has 2 heterocycles. The number of unbranched alkanes of at least 4 members (excludes halogenated alkanes) is 1. The molecular weight excluding hydrogens is 608 g/mol. The van der Waals surface area contributed by atoms with Crippen LogP contribution in [0.5, 0.6) is 5.75 Å². The van der Waals surface area contributed by atoms with Gasteiger partial charge in [-0.3, -0.25) is 14.6 Å². The maximum Gasteiger partial charge on any atom is 0.317 e. The second-order valence-corrected chi connectivity index (χ2v) is 13.9. The van der Waals surface area contributed by atoms with Gasteiger partial charge in [0.2, 0.25) is 0 Å². The van der Waals surface area contributed by atoms with Gasteiger partial charge in [-0.05, 0) is 105 Å². The smallest absolute Gasteiger partial charge is 0.317 e. The lowest BCUT2D eigenvalue weighted by molar-refractivity contribution is -0.138. The quantitative estimate of drug-likeness (QED) is 0.143. The third-order valence-electron chi connectivity index (χ3n) is 10.3. The molecule has 0 atom stereocenters. The van der Waals surface area contributed by atoms with E-state index in [1.807, 2.05) is 0 Å². The largest absolute Gasteiger partial charge is 0.493 e. The summed E-state index contributed by atoms with van der Waals surface area (Å²) in [5.41, 5.74) is 8.80. The molecule has 0 saturated carbocycles. The first-order valence-corrected chi connectivity index (χ1v) is 18.6. The van der Waals surface area contributed by atoms with Crippen molar-refractivity contribution in [3.63, 3.8) is 0 Å². The van der Waals surface area contributed by atoms with Crippen molar-refractivity contribution < 1.29 is 14.6 Å². The highest BCUT2D eigenvalue weighted by Gasteiger charge is 2.18. The van der Waals surface area contributed by atoms with Gasteiger partial charge in [0.1, 0.15) is 5.75 Å². The molecule has 0 unspecified atom stereocenters. The van der Waals surface area contributed by atoms with Gasteiger partial charge in [-0.2, -0.15) is 0 Å². The van der Waals surface area contributed by atoms with Gasteiger partial charge in [-0.1, -0.05) is 80.1 Å². The minimum Gasteiger partial charge on any atom is -0.493 e. The Labute approximate surface area is 295 Å². The number of aryl methyl sites for hydroxylation is 1. The zero-order valence-corrected chi connectivity index (χ0v) is 30.2. The van der Waals surface area contributed by atoms with E-state index in [0.29, 0.717) is 6.61 Å². The Morgan fingerprint density at radius 1 is 0.755 bits per heavy atom. The first-order valence-electron chi connectivity index (χ1n) is 18.6. The van der Waals surface area contributed by atoms with E-state index in [4.69, 9.17) is 4.74 Å². The van der Waals surface area contributed by atoms with Gasteiger partial charge in [0.25, 0.3) is 0 Å². The Balaban J connectivity index is 1.24. The van der Waals surface area contributed by atoms with Gasteiger partial charge in [0, 0.05) is 51.4 Å². The molecular formula is C42H58N4O3. The standard InChI is InChI=1S/C42H58N4O3/c1-4-43-23-25-44(26-28-46(27-24-43)33-42(47)48)20-11-12-29-49-41-31-38(34(2)30-39(41)32-45-21-9-6-10-22-45)19-18-36-16-13-17-40(35(36)3)37-14-7-5-8-15-37/h5,7-8,13-19,30-31H,4,6,9-12,20-29,32-33H2,1-3H3,(H,47,48)/b19-18+. The highest BCUT2D eigenvalue weighted by Crippen LogP contribution is 2.30. The summed E-state index contributed by atoms with van der Waals surface area (Å²) in [6, 6.07) is 21.8. The molecule has 0 bridgehead atoms. The summed E-state index contributed by atoms with van der Waals surface area (Å²) < 4.78 is 6.62. The predicted molar refractivity (Wildman–Crippen MR) is 203 cm³/mol. The normalized spacial score (nSPS) is 17.5. The van der Waals surface area contributed by atoms with E-state index in [-0.39, 0.29) is 6.54 Å². The van der Waals surface area contributed by atoms with Crippen molar-refractivity contribution in [3.05, 3.63) is 88.5 Å². The molecule has 3 aromatic carbocycles. The van der Waals surface area contributed by atoms with E-state index in [1.54, 1.807) is 0 Å². The molecule has 264 valence electrons. The van der Waals surface area contributed by atoms with E-state index in [0.717, 1.165) is 90.6 Å². The molecule has 2 saturated heterocycles. The number of ether oxygens (including phenoxy) is 1. The van der Waals surface area contributed by atoms with Crippen molar-refractivity contribution in [1.29, 1.82) is 0 Å². The lowest BCUT2D eigenvalue weighted by Gasteiger charge is -2.27. The zero-order chi connectivity index (χ0) is 34.4. The molecule has 2 aliphatic heterocycles. The van der Waals surface area contributed by atoms with Crippen LogP contribution < -0.4 is 4.74 Å². The first kappa shape index (κ1) is 36.8. The summed E-state index contributed by atoms with van der Waals surface area (Å²) in [5.74, 6) is 0.268. The fourth-order valence-electron chi connectivity index (χ4n) is 7.20. The molecule has 0 aromatic heterocycles. The minimum atomic E-state index is -0.743. The van der Waals surface area contributed by atoms with Crippen molar-refractivity contribution in [2.24, 2.45) is 0 Å². The highest BCUT2D eigenvalue weighted by atomic mass is 16.5. The molecule has 49 heavy (non-hydrogen) atoms. The van der Waals surface area contributed by atoms with E-state index < -0.39 is 5.97 Å². The summed E-state index contributed by atoms with van der Waals surface area (Å²) in [7, 11) is 0. The summed E-state index contributed by atoms with van der Waals surface area (Å²) >= 11 is 0. The van der Waals surface area contributed by atoms with Gasteiger partial charge in [0.15, 0.2) is 0 Å². The number of likely N-dealkylation sites (tertiary alicyclic amines) is 1. The molecule has 7 nitrogen and oxygen atoms in total. The van der Waals surface area contributed by atoms with Crippen LogP contribution in [-0.2, 0) is 11.3 Å². The summed E-state index contributed by atoms with van der Waals surface area (Å²) in [6.45, 7) is 18.2. The van der Waals surface area contributed by atoms with Crippen LogP contribution in [-0.4, -0.2) is 109 Å². The highest BCUT2D eigenvalue weighted by molar-refractivity contribution is 5.78. The Morgan fingerprint density at radius 3 is 2.16 bits per heavy atom. The van der Waals surface area contributed by atoms with Crippen LogP contribution in [0.4, 0.5) is 0 Å². The Kier molecular flexibility index (Phi) is 14.3. The molecule has 0 spiro atoms. The number of hydrogen-bond acceptors (Lipinski definition) is 6. The summed E-state index contributed by atoms with van der Waals surface area (Å²) in [4.78, 5) is 21.0. The molecule has 2 aliphatic rings. The lowest BCUT2D eigenvalue weighted by Crippen LogP contribution is -2.39. The SMILES string of the molecule is CCN1CCN(CCCCOc2cc(/C=C/c3cccc(-c4ccccc4)c3C)c(C)cc2CN2CCCCC2)CCN(CC(=O)O)CC1. The van der Waals surface area contributed by atoms with E-state index >= 15 is 0 Å². The van der Waals surface area contributed by atoms with Crippen molar-refractivity contribution in [3.8, 4) is 16.9 Å². The fourth-order valence-corrected chi connectivity index (χ4v) is 7.20. The van der Waals surface area contributed by atoms with Gasteiger partial charge < -0.3 is 19.6 Å². The van der Waals surface area contributed by atoms with Gasteiger partial charge in [-0.25, -0.2) is 0 Å². The molecule has 0 aliphatic carbocycles. The van der Waals surface area contributed by atoms with Crippen molar-refractivity contribution >= 4 is 18.1 Å². The number of benzene rings is 3. The monoisotopic (exact) mass is 666 g/mol. The Bertz CT molecular complexity index is 1500.